The van der Waals surface area contributed by atoms with E-state index in [-0.39, 0.29) is 11.9 Å². The lowest BCUT2D eigenvalue weighted by Gasteiger charge is -2.18. The molecule has 25 heavy (non-hydrogen) atoms. The van der Waals surface area contributed by atoms with E-state index in [9.17, 15) is 4.79 Å². The number of rotatable bonds is 5. The summed E-state index contributed by atoms with van der Waals surface area (Å²) in [7, 11) is 4.90. The minimum atomic E-state index is 0.0268. The Kier molecular flexibility index (Phi) is 5.12. The first kappa shape index (κ1) is 17.1. The summed E-state index contributed by atoms with van der Waals surface area (Å²) in [6, 6.07) is 11.8. The number of ether oxygens (including phenoxy) is 3. The van der Waals surface area contributed by atoms with Gasteiger partial charge in [-0.2, -0.15) is 0 Å². The smallest absolute Gasteiger partial charge is 0.224 e. The average Bonchev–Trinajstić information content (AvgIpc) is 2.77. The van der Waals surface area contributed by atoms with Crippen molar-refractivity contribution in [1.82, 2.24) is 5.32 Å². The third kappa shape index (κ3) is 3.87. The highest BCUT2D eigenvalue weighted by molar-refractivity contribution is 5.80. The zero-order chi connectivity index (χ0) is 17.8. The highest BCUT2D eigenvalue weighted by atomic mass is 16.5. The molecule has 1 aliphatic heterocycles. The van der Waals surface area contributed by atoms with Crippen LogP contribution in [0.1, 0.15) is 16.7 Å². The van der Waals surface area contributed by atoms with Crippen LogP contribution in [-0.2, 0) is 24.1 Å². The predicted octanol–water partition coefficient (Wildman–Crippen LogP) is 2.54. The van der Waals surface area contributed by atoms with Gasteiger partial charge in [0, 0.05) is 6.04 Å². The number of amides is 1. The molecule has 1 aliphatic rings. The lowest BCUT2D eigenvalue weighted by molar-refractivity contribution is -0.120. The number of carbonyl (C=O) groups is 1. The van der Waals surface area contributed by atoms with Crippen molar-refractivity contribution in [3.05, 3.63) is 53.1 Å². The van der Waals surface area contributed by atoms with E-state index < -0.39 is 0 Å². The first-order chi connectivity index (χ1) is 12.1. The highest BCUT2D eigenvalue weighted by Gasteiger charge is 2.22. The molecule has 0 saturated heterocycles. The zero-order valence-electron chi connectivity index (χ0n) is 14.8. The monoisotopic (exact) mass is 341 g/mol. The van der Waals surface area contributed by atoms with E-state index in [2.05, 4.69) is 5.32 Å². The number of methoxy groups -OCH3 is 3. The first-order valence-corrected chi connectivity index (χ1v) is 8.29. The van der Waals surface area contributed by atoms with Crippen molar-refractivity contribution in [1.29, 1.82) is 0 Å². The van der Waals surface area contributed by atoms with Gasteiger partial charge in [-0.05, 0) is 53.8 Å². The van der Waals surface area contributed by atoms with Crippen molar-refractivity contribution in [3.8, 4) is 17.2 Å². The average molecular weight is 341 g/mol. The van der Waals surface area contributed by atoms with E-state index in [1.165, 1.54) is 0 Å². The number of carbonyl (C=O) groups excluding carboxylic acids is 1. The van der Waals surface area contributed by atoms with Crippen molar-refractivity contribution < 1.29 is 19.0 Å². The first-order valence-electron chi connectivity index (χ1n) is 8.29. The molecule has 5 nitrogen and oxygen atoms in total. The summed E-state index contributed by atoms with van der Waals surface area (Å²) in [6.45, 7) is 0. The number of nitrogens with one attached hydrogen (secondary N) is 1. The van der Waals surface area contributed by atoms with Gasteiger partial charge in [0.25, 0.3) is 0 Å². The van der Waals surface area contributed by atoms with Crippen molar-refractivity contribution in [2.75, 3.05) is 21.3 Å². The van der Waals surface area contributed by atoms with E-state index in [1.807, 2.05) is 36.4 Å². The van der Waals surface area contributed by atoms with E-state index in [0.29, 0.717) is 17.9 Å². The van der Waals surface area contributed by atoms with Crippen LogP contribution in [0.3, 0.4) is 0 Å². The lowest BCUT2D eigenvalue weighted by atomic mass is 9.96. The van der Waals surface area contributed by atoms with E-state index >= 15 is 0 Å². The summed E-state index contributed by atoms with van der Waals surface area (Å²) in [5.74, 6) is 2.26. The molecule has 5 heteroatoms. The van der Waals surface area contributed by atoms with Crippen LogP contribution in [0.4, 0.5) is 0 Å². The Labute approximate surface area is 147 Å². The molecule has 0 bridgehead atoms. The number of fused-ring (bicyclic) bond motifs is 1. The van der Waals surface area contributed by atoms with E-state index in [4.69, 9.17) is 14.2 Å². The summed E-state index contributed by atoms with van der Waals surface area (Å²) >= 11 is 0. The molecule has 3 rings (SSSR count). The normalized spacial score (nSPS) is 16.4. The quantitative estimate of drug-likeness (QED) is 0.908. The largest absolute Gasteiger partial charge is 0.497 e. The summed E-state index contributed by atoms with van der Waals surface area (Å²) in [5, 5.41) is 3.13. The number of hydrogen-bond acceptors (Lipinski definition) is 4. The molecular formula is C20H23NO4. The van der Waals surface area contributed by atoms with E-state index in [0.717, 1.165) is 35.3 Å². The van der Waals surface area contributed by atoms with Gasteiger partial charge in [0.05, 0.1) is 27.8 Å². The lowest BCUT2D eigenvalue weighted by Crippen LogP contribution is -2.36. The van der Waals surface area contributed by atoms with Gasteiger partial charge in [-0.1, -0.05) is 12.1 Å². The summed E-state index contributed by atoms with van der Waals surface area (Å²) < 4.78 is 16.0. The standard InChI is InChI=1S/C20H23NO4/c1-23-17-6-5-14-12-20(22)21-16(10-15(14)11-17)8-13-4-7-18(24-2)19(9-13)25-3/h4-7,9,11,16H,8,10,12H2,1-3H3,(H,21,22). The molecule has 0 aliphatic carbocycles. The fourth-order valence-corrected chi connectivity index (χ4v) is 3.28. The maximum absolute atomic E-state index is 12.2. The van der Waals surface area contributed by atoms with Crippen LogP contribution in [0, 0.1) is 0 Å². The Hall–Kier alpha value is -2.69. The van der Waals surface area contributed by atoms with Crippen LogP contribution in [0.5, 0.6) is 17.2 Å². The van der Waals surface area contributed by atoms with Crippen molar-refractivity contribution in [2.45, 2.75) is 25.3 Å². The Balaban J connectivity index is 1.83. The van der Waals surface area contributed by atoms with Gasteiger partial charge in [0.1, 0.15) is 5.75 Å². The summed E-state index contributed by atoms with van der Waals surface area (Å²) in [4.78, 5) is 12.2. The second-order valence-electron chi connectivity index (χ2n) is 6.17. The second-order valence-corrected chi connectivity index (χ2v) is 6.17. The third-order valence-electron chi connectivity index (χ3n) is 4.53. The van der Waals surface area contributed by atoms with Crippen LogP contribution in [0.15, 0.2) is 36.4 Å². The summed E-state index contributed by atoms with van der Waals surface area (Å²) in [6.07, 6.45) is 1.90. The maximum Gasteiger partial charge on any atom is 0.224 e. The molecule has 0 saturated carbocycles. The van der Waals surface area contributed by atoms with Gasteiger partial charge in [0.15, 0.2) is 11.5 Å². The maximum atomic E-state index is 12.2. The Morgan fingerprint density at radius 1 is 0.960 bits per heavy atom. The summed E-state index contributed by atoms with van der Waals surface area (Å²) in [5.41, 5.74) is 3.31. The Morgan fingerprint density at radius 3 is 2.48 bits per heavy atom. The van der Waals surface area contributed by atoms with Gasteiger partial charge in [-0.25, -0.2) is 0 Å². The molecule has 1 heterocycles. The zero-order valence-corrected chi connectivity index (χ0v) is 14.8. The molecule has 0 radical (unpaired) electrons. The van der Waals surface area contributed by atoms with Crippen LogP contribution < -0.4 is 19.5 Å². The van der Waals surface area contributed by atoms with Gasteiger partial charge >= 0.3 is 0 Å². The molecule has 132 valence electrons. The molecule has 0 fully saturated rings. The number of benzene rings is 2. The molecular weight excluding hydrogens is 318 g/mol. The minimum absolute atomic E-state index is 0.0268. The second kappa shape index (κ2) is 7.47. The third-order valence-corrected chi connectivity index (χ3v) is 4.53. The molecule has 0 spiro atoms. The SMILES string of the molecule is COc1ccc2c(c1)CC(Cc1ccc(OC)c(OC)c1)NC(=O)C2. The van der Waals surface area contributed by atoms with Gasteiger partial charge < -0.3 is 19.5 Å². The van der Waals surface area contributed by atoms with Gasteiger partial charge in [0.2, 0.25) is 5.91 Å². The molecule has 1 N–H and O–H groups in total. The highest BCUT2D eigenvalue weighted by Crippen LogP contribution is 2.29. The van der Waals surface area contributed by atoms with Crippen LogP contribution in [0.25, 0.3) is 0 Å². The topological polar surface area (TPSA) is 56.8 Å². The fourth-order valence-electron chi connectivity index (χ4n) is 3.28. The Morgan fingerprint density at radius 2 is 1.76 bits per heavy atom. The van der Waals surface area contributed by atoms with Gasteiger partial charge in [-0.15, -0.1) is 0 Å². The molecule has 2 aromatic rings. The van der Waals surface area contributed by atoms with Crippen LogP contribution in [-0.4, -0.2) is 33.3 Å². The molecule has 2 aromatic carbocycles. The van der Waals surface area contributed by atoms with Crippen molar-refractivity contribution in [2.24, 2.45) is 0 Å². The predicted molar refractivity (Wildman–Crippen MR) is 95.6 cm³/mol. The fraction of sp³-hybridized carbons (Fsp3) is 0.350. The Bertz CT molecular complexity index is 772. The van der Waals surface area contributed by atoms with Crippen molar-refractivity contribution in [3.63, 3.8) is 0 Å². The minimum Gasteiger partial charge on any atom is -0.497 e. The van der Waals surface area contributed by atoms with E-state index in [1.54, 1.807) is 21.3 Å². The van der Waals surface area contributed by atoms with Gasteiger partial charge in [-0.3, -0.25) is 4.79 Å². The molecule has 1 atom stereocenters. The molecule has 1 amide bonds. The van der Waals surface area contributed by atoms with Crippen LogP contribution in [0.2, 0.25) is 0 Å². The van der Waals surface area contributed by atoms with Crippen LogP contribution >= 0.6 is 0 Å². The number of hydrogen-bond donors (Lipinski definition) is 1. The van der Waals surface area contributed by atoms with Crippen molar-refractivity contribution >= 4 is 5.91 Å². The molecule has 1 unspecified atom stereocenters. The molecule has 0 aromatic heterocycles.